The molecule has 0 aliphatic heterocycles. The molecule has 0 saturated heterocycles. The molecule has 7 heteroatoms. The zero-order valence-corrected chi connectivity index (χ0v) is 14.9. The Bertz CT molecular complexity index is 819. The van der Waals surface area contributed by atoms with Crippen molar-refractivity contribution in [2.45, 2.75) is 17.9 Å². The highest BCUT2D eigenvalue weighted by molar-refractivity contribution is 7.92. The molecule has 2 aromatic rings. The molecule has 1 atom stereocenters. The van der Waals surface area contributed by atoms with Crippen molar-refractivity contribution in [3.05, 3.63) is 59.1 Å². The fourth-order valence-corrected chi connectivity index (χ4v) is 3.47. The molecule has 0 saturated carbocycles. The summed E-state index contributed by atoms with van der Waals surface area (Å²) in [5.74, 6) is -0.249. The molecule has 0 bridgehead atoms. The molecule has 0 heterocycles. The van der Waals surface area contributed by atoms with E-state index in [4.69, 9.17) is 16.3 Å². The van der Waals surface area contributed by atoms with Gasteiger partial charge in [0.2, 0.25) is 5.91 Å². The lowest BCUT2D eigenvalue weighted by Gasteiger charge is -2.14. The van der Waals surface area contributed by atoms with Gasteiger partial charge in [0.15, 0.2) is 9.84 Å². The molecule has 0 aromatic heterocycles. The zero-order valence-electron chi connectivity index (χ0n) is 13.3. The molecule has 0 unspecified atom stereocenters. The standard InChI is InChI=1S/C17H18ClNO4S/c1-12(17(20)19-15-8-6-14(18)7-9-15)24(21,22)11-13-4-3-5-16(10-13)23-2/h3-10,12H,11H2,1-2H3,(H,19,20)/t12-/m0/s1. The van der Waals surface area contributed by atoms with Crippen molar-refractivity contribution in [1.29, 1.82) is 0 Å². The van der Waals surface area contributed by atoms with Gasteiger partial charge in [0, 0.05) is 10.7 Å². The van der Waals surface area contributed by atoms with E-state index in [-0.39, 0.29) is 5.75 Å². The molecule has 5 nitrogen and oxygen atoms in total. The molecule has 1 N–H and O–H groups in total. The maximum absolute atomic E-state index is 12.5. The molecular weight excluding hydrogens is 350 g/mol. The fourth-order valence-electron chi connectivity index (χ4n) is 2.06. The second-order valence-corrected chi connectivity index (χ2v) is 8.06. The van der Waals surface area contributed by atoms with E-state index in [0.29, 0.717) is 22.0 Å². The third kappa shape index (κ3) is 4.72. The Balaban J connectivity index is 2.09. The van der Waals surface area contributed by atoms with Crippen LogP contribution in [0.25, 0.3) is 0 Å². The molecule has 0 radical (unpaired) electrons. The summed E-state index contributed by atoms with van der Waals surface area (Å²) in [6, 6.07) is 13.2. The van der Waals surface area contributed by atoms with Gasteiger partial charge in [-0.2, -0.15) is 0 Å². The van der Waals surface area contributed by atoms with Crippen molar-refractivity contribution >= 4 is 33.0 Å². The van der Waals surface area contributed by atoms with E-state index < -0.39 is 21.0 Å². The predicted molar refractivity (Wildman–Crippen MR) is 95.2 cm³/mol. The number of anilines is 1. The number of hydrogen-bond donors (Lipinski definition) is 1. The lowest BCUT2D eigenvalue weighted by atomic mass is 10.2. The van der Waals surface area contributed by atoms with E-state index in [0.717, 1.165) is 0 Å². The third-order valence-electron chi connectivity index (χ3n) is 3.52. The predicted octanol–water partition coefficient (Wildman–Crippen LogP) is 3.29. The Labute approximate surface area is 146 Å². The molecule has 2 aromatic carbocycles. The number of carbonyl (C=O) groups excluding carboxylic acids is 1. The monoisotopic (exact) mass is 367 g/mol. The highest BCUT2D eigenvalue weighted by atomic mass is 35.5. The minimum atomic E-state index is -3.66. The molecule has 1 amide bonds. The lowest BCUT2D eigenvalue weighted by Crippen LogP contribution is -2.33. The minimum absolute atomic E-state index is 0.237. The Morgan fingerprint density at radius 3 is 2.50 bits per heavy atom. The van der Waals surface area contributed by atoms with Crippen LogP contribution in [0.2, 0.25) is 5.02 Å². The molecule has 128 valence electrons. The SMILES string of the molecule is COc1cccc(CS(=O)(=O)[C@@H](C)C(=O)Nc2ccc(Cl)cc2)c1. The molecule has 0 aliphatic carbocycles. The summed E-state index contributed by atoms with van der Waals surface area (Å²) in [5.41, 5.74) is 1.06. The van der Waals surface area contributed by atoms with Crippen molar-refractivity contribution in [3.63, 3.8) is 0 Å². The van der Waals surface area contributed by atoms with Crippen LogP contribution in [-0.4, -0.2) is 26.7 Å². The molecular formula is C17H18ClNO4S. The zero-order chi connectivity index (χ0) is 17.7. The highest BCUT2D eigenvalue weighted by Gasteiger charge is 2.28. The molecule has 0 spiro atoms. The van der Waals surface area contributed by atoms with Crippen LogP contribution < -0.4 is 10.1 Å². The van der Waals surface area contributed by atoms with Crippen LogP contribution in [-0.2, 0) is 20.4 Å². The summed E-state index contributed by atoms with van der Waals surface area (Å²) in [6.07, 6.45) is 0. The Kier molecular flexibility index (Phi) is 5.85. The van der Waals surface area contributed by atoms with Crippen molar-refractivity contribution in [2.75, 3.05) is 12.4 Å². The number of rotatable bonds is 6. The second-order valence-electron chi connectivity index (χ2n) is 5.30. The number of sulfone groups is 1. The van der Waals surface area contributed by atoms with Gasteiger partial charge < -0.3 is 10.1 Å². The largest absolute Gasteiger partial charge is 0.497 e. The Morgan fingerprint density at radius 1 is 1.21 bits per heavy atom. The third-order valence-corrected chi connectivity index (χ3v) is 5.80. The summed E-state index contributed by atoms with van der Waals surface area (Å²) in [5, 5.41) is 1.93. The maximum Gasteiger partial charge on any atom is 0.242 e. The van der Waals surface area contributed by atoms with Crippen LogP contribution in [0.4, 0.5) is 5.69 Å². The van der Waals surface area contributed by atoms with Gasteiger partial charge >= 0.3 is 0 Å². The van der Waals surface area contributed by atoms with Crippen LogP contribution in [0.1, 0.15) is 12.5 Å². The summed E-state index contributed by atoms with van der Waals surface area (Å²) in [6.45, 7) is 1.38. The number of halogens is 1. The van der Waals surface area contributed by atoms with Crippen molar-refractivity contribution in [3.8, 4) is 5.75 Å². The van der Waals surface area contributed by atoms with E-state index in [1.165, 1.54) is 14.0 Å². The number of methoxy groups -OCH3 is 1. The molecule has 0 fully saturated rings. The van der Waals surface area contributed by atoms with Gasteiger partial charge in [-0.25, -0.2) is 8.42 Å². The number of amides is 1. The summed E-state index contributed by atoms with van der Waals surface area (Å²) >= 11 is 5.78. The quantitative estimate of drug-likeness (QED) is 0.850. The highest BCUT2D eigenvalue weighted by Crippen LogP contribution is 2.19. The normalized spacial score (nSPS) is 12.5. The number of benzene rings is 2. The Hall–Kier alpha value is -2.05. The summed E-state index contributed by atoms with van der Waals surface area (Å²) in [4.78, 5) is 12.2. The first kappa shape index (κ1) is 18.3. The van der Waals surface area contributed by atoms with Crippen molar-refractivity contribution in [1.82, 2.24) is 0 Å². The van der Waals surface area contributed by atoms with Crippen LogP contribution in [0.15, 0.2) is 48.5 Å². The summed E-state index contributed by atoms with van der Waals surface area (Å²) < 4.78 is 30.0. The first-order valence-corrected chi connectivity index (χ1v) is 9.32. The molecule has 24 heavy (non-hydrogen) atoms. The van der Waals surface area contributed by atoms with Crippen LogP contribution in [0.5, 0.6) is 5.75 Å². The van der Waals surface area contributed by atoms with E-state index in [2.05, 4.69) is 5.32 Å². The van der Waals surface area contributed by atoms with Gasteiger partial charge in [0.1, 0.15) is 11.0 Å². The average molecular weight is 368 g/mol. The molecule has 2 rings (SSSR count). The fraction of sp³-hybridized carbons (Fsp3) is 0.235. The van der Waals surface area contributed by atoms with Gasteiger partial charge in [-0.3, -0.25) is 4.79 Å². The van der Waals surface area contributed by atoms with Crippen molar-refractivity contribution < 1.29 is 17.9 Å². The van der Waals surface area contributed by atoms with E-state index in [1.54, 1.807) is 48.5 Å². The molecule has 0 aliphatic rings. The Morgan fingerprint density at radius 2 is 1.88 bits per heavy atom. The van der Waals surface area contributed by atoms with Gasteiger partial charge in [-0.15, -0.1) is 0 Å². The average Bonchev–Trinajstić information content (AvgIpc) is 2.56. The van der Waals surface area contributed by atoms with Gasteiger partial charge in [-0.1, -0.05) is 23.7 Å². The smallest absolute Gasteiger partial charge is 0.242 e. The van der Waals surface area contributed by atoms with E-state index >= 15 is 0 Å². The van der Waals surface area contributed by atoms with Crippen LogP contribution in [0.3, 0.4) is 0 Å². The lowest BCUT2D eigenvalue weighted by molar-refractivity contribution is -0.115. The maximum atomic E-state index is 12.5. The summed E-state index contributed by atoms with van der Waals surface area (Å²) in [7, 11) is -2.15. The van der Waals surface area contributed by atoms with E-state index in [9.17, 15) is 13.2 Å². The van der Waals surface area contributed by atoms with Gasteiger partial charge in [0.05, 0.1) is 12.9 Å². The first-order valence-electron chi connectivity index (χ1n) is 7.23. The topological polar surface area (TPSA) is 72.5 Å². The minimum Gasteiger partial charge on any atom is -0.497 e. The van der Waals surface area contributed by atoms with Crippen LogP contribution >= 0.6 is 11.6 Å². The second kappa shape index (κ2) is 7.68. The van der Waals surface area contributed by atoms with Gasteiger partial charge in [-0.05, 0) is 48.9 Å². The van der Waals surface area contributed by atoms with Crippen molar-refractivity contribution in [2.24, 2.45) is 0 Å². The van der Waals surface area contributed by atoms with Crippen LogP contribution in [0, 0.1) is 0 Å². The van der Waals surface area contributed by atoms with Gasteiger partial charge in [0.25, 0.3) is 0 Å². The van der Waals surface area contributed by atoms with E-state index in [1.807, 2.05) is 0 Å². The number of nitrogens with one attached hydrogen (secondary N) is 1. The number of carbonyl (C=O) groups is 1. The number of ether oxygens (including phenoxy) is 1. The first-order chi connectivity index (χ1) is 11.3. The number of hydrogen-bond acceptors (Lipinski definition) is 4.